The number of H-pyrrole nitrogens is 1. The summed E-state index contributed by atoms with van der Waals surface area (Å²) in [6.07, 6.45) is 0. The number of hydrogen-bond donors (Lipinski definition) is 3. The number of likely N-dealkylation sites (N-methyl/N-ethyl adjacent to an activating group) is 1. The zero-order valence-electron chi connectivity index (χ0n) is 16.8. The highest BCUT2D eigenvalue weighted by Gasteiger charge is 2.13. The average Bonchev–Trinajstić information content (AvgIpc) is 3.08. The standard InChI is InChI=1S/C21H23N5O3S/c1-3-22-19(28)13-29-17-9-7-16(8-10-17)23-18(27)12-26-20(24-25-21(26)30)15-6-4-5-14(2)11-15/h4-11H,3,12-13H2,1-2H3,(H,22,28)(H,23,27)(H,25,30). The van der Waals surface area contributed by atoms with Crippen molar-refractivity contribution in [2.75, 3.05) is 18.5 Å². The molecule has 0 aliphatic carbocycles. The van der Waals surface area contributed by atoms with Gasteiger partial charge in [-0.05, 0) is 56.4 Å². The molecular formula is C21H23N5O3S. The second kappa shape index (κ2) is 9.84. The van der Waals surface area contributed by atoms with Gasteiger partial charge in [0.25, 0.3) is 5.91 Å². The number of hydrogen-bond acceptors (Lipinski definition) is 5. The molecule has 0 aliphatic rings. The van der Waals surface area contributed by atoms with Crippen LogP contribution < -0.4 is 15.4 Å². The lowest BCUT2D eigenvalue weighted by atomic mass is 10.1. The van der Waals surface area contributed by atoms with Crippen LogP contribution in [-0.4, -0.2) is 39.7 Å². The maximum atomic E-state index is 12.6. The van der Waals surface area contributed by atoms with E-state index in [1.54, 1.807) is 28.8 Å². The van der Waals surface area contributed by atoms with Crippen molar-refractivity contribution in [1.29, 1.82) is 0 Å². The van der Waals surface area contributed by atoms with Gasteiger partial charge >= 0.3 is 0 Å². The molecule has 2 aromatic carbocycles. The Labute approximate surface area is 179 Å². The first-order chi connectivity index (χ1) is 14.5. The lowest BCUT2D eigenvalue weighted by molar-refractivity contribution is -0.123. The molecule has 1 aromatic heterocycles. The quantitative estimate of drug-likeness (QED) is 0.482. The van der Waals surface area contributed by atoms with Gasteiger partial charge in [-0.25, -0.2) is 0 Å². The first-order valence-corrected chi connectivity index (χ1v) is 9.88. The topological polar surface area (TPSA) is 101 Å². The molecule has 0 bridgehead atoms. The molecule has 0 spiro atoms. The molecule has 0 atom stereocenters. The number of benzene rings is 2. The number of rotatable bonds is 8. The van der Waals surface area contributed by atoms with E-state index in [1.807, 2.05) is 38.1 Å². The van der Waals surface area contributed by atoms with E-state index >= 15 is 0 Å². The Morgan fingerprint density at radius 1 is 1.17 bits per heavy atom. The number of ether oxygens (including phenoxy) is 1. The van der Waals surface area contributed by atoms with E-state index in [4.69, 9.17) is 17.0 Å². The van der Waals surface area contributed by atoms with Crippen LogP contribution in [0.1, 0.15) is 12.5 Å². The highest BCUT2D eigenvalue weighted by atomic mass is 32.1. The second-order valence-corrected chi connectivity index (χ2v) is 7.01. The number of carbonyl (C=O) groups is 2. The molecule has 0 fully saturated rings. The monoisotopic (exact) mass is 425 g/mol. The first-order valence-electron chi connectivity index (χ1n) is 9.48. The lowest BCUT2D eigenvalue weighted by Gasteiger charge is -2.10. The van der Waals surface area contributed by atoms with E-state index in [1.165, 1.54) is 0 Å². The van der Waals surface area contributed by atoms with E-state index < -0.39 is 0 Å². The number of nitrogens with zero attached hydrogens (tertiary/aromatic N) is 2. The van der Waals surface area contributed by atoms with Gasteiger partial charge in [-0.15, -0.1) is 0 Å². The molecule has 3 N–H and O–H groups in total. The Bertz CT molecular complexity index is 1090. The van der Waals surface area contributed by atoms with Crippen molar-refractivity contribution in [3.8, 4) is 17.1 Å². The zero-order chi connectivity index (χ0) is 21.5. The molecule has 0 saturated carbocycles. The third-order valence-corrected chi connectivity index (χ3v) is 4.53. The van der Waals surface area contributed by atoms with Crippen LogP contribution in [-0.2, 0) is 16.1 Å². The van der Waals surface area contributed by atoms with Gasteiger partial charge < -0.3 is 15.4 Å². The third kappa shape index (κ3) is 5.54. The van der Waals surface area contributed by atoms with Crippen molar-refractivity contribution in [1.82, 2.24) is 20.1 Å². The lowest BCUT2D eigenvalue weighted by Crippen LogP contribution is -2.28. The number of anilines is 1. The number of nitrogens with one attached hydrogen (secondary N) is 3. The van der Waals surface area contributed by atoms with Crippen molar-refractivity contribution in [3.63, 3.8) is 0 Å². The molecule has 0 saturated heterocycles. The van der Waals surface area contributed by atoms with Crippen LogP contribution >= 0.6 is 12.2 Å². The van der Waals surface area contributed by atoms with Gasteiger partial charge in [0.2, 0.25) is 5.91 Å². The van der Waals surface area contributed by atoms with Crippen LogP contribution in [0.15, 0.2) is 48.5 Å². The number of amides is 2. The molecule has 2 amide bonds. The van der Waals surface area contributed by atoms with E-state index in [2.05, 4.69) is 20.8 Å². The normalized spacial score (nSPS) is 10.5. The predicted molar refractivity (Wildman–Crippen MR) is 117 cm³/mol. The minimum atomic E-state index is -0.239. The van der Waals surface area contributed by atoms with Gasteiger partial charge in [0.05, 0.1) is 0 Å². The Morgan fingerprint density at radius 2 is 1.93 bits per heavy atom. The average molecular weight is 426 g/mol. The summed E-state index contributed by atoms with van der Waals surface area (Å²) in [6.45, 7) is 4.36. The SMILES string of the molecule is CCNC(=O)COc1ccc(NC(=O)Cn2c(-c3cccc(C)c3)n[nH]c2=S)cc1. The number of carbonyl (C=O) groups excluding carboxylic acids is 2. The van der Waals surface area contributed by atoms with E-state index in [0.717, 1.165) is 11.1 Å². The molecule has 8 nitrogen and oxygen atoms in total. The maximum absolute atomic E-state index is 12.6. The van der Waals surface area contributed by atoms with E-state index in [9.17, 15) is 9.59 Å². The van der Waals surface area contributed by atoms with Crippen LogP contribution in [0.3, 0.4) is 0 Å². The smallest absolute Gasteiger partial charge is 0.257 e. The molecule has 3 aromatic rings. The summed E-state index contributed by atoms with van der Waals surface area (Å²) in [4.78, 5) is 24.0. The Kier molecular flexibility index (Phi) is 6.97. The summed E-state index contributed by atoms with van der Waals surface area (Å²) in [6, 6.07) is 14.6. The summed E-state index contributed by atoms with van der Waals surface area (Å²) in [5.74, 6) is 0.722. The summed E-state index contributed by atoms with van der Waals surface area (Å²) in [5.41, 5.74) is 2.58. The fourth-order valence-electron chi connectivity index (χ4n) is 2.84. The molecule has 1 heterocycles. The fourth-order valence-corrected chi connectivity index (χ4v) is 3.04. The molecule has 3 rings (SSSR count). The molecule has 0 aliphatic heterocycles. The number of aromatic amines is 1. The zero-order valence-corrected chi connectivity index (χ0v) is 17.6. The summed E-state index contributed by atoms with van der Waals surface area (Å²) >= 11 is 5.29. The molecular weight excluding hydrogens is 402 g/mol. The largest absolute Gasteiger partial charge is 0.484 e. The van der Waals surface area contributed by atoms with Crippen LogP contribution in [0.2, 0.25) is 0 Å². The predicted octanol–water partition coefficient (Wildman–Crippen LogP) is 3.07. The molecule has 9 heteroatoms. The molecule has 30 heavy (non-hydrogen) atoms. The third-order valence-electron chi connectivity index (χ3n) is 4.22. The number of aryl methyl sites for hydroxylation is 1. The summed E-state index contributed by atoms with van der Waals surface area (Å²) in [7, 11) is 0. The van der Waals surface area contributed by atoms with Crippen molar-refractivity contribution in [2.45, 2.75) is 20.4 Å². The maximum Gasteiger partial charge on any atom is 0.257 e. The second-order valence-electron chi connectivity index (χ2n) is 6.62. The van der Waals surface area contributed by atoms with Gasteiger partial charge in [-0.2, -0.15) is 5.10 Å². The minimum Gasteiger partial charge on any atom is -0.484 e. The van der Waals surface area contributed by atoms with Crippen LogP contribution in [0.4, 0.5) is 5.69 Å². The van der Waals surface area contributed by atoms with Gasteiger partial charge in [0, 0.05) is 17.8 Å². The van der Waals surface area contributed by atoms with Gasteiger partial charge in [0.1, 0.15) is 12.3 Å². The van der Waals surface area contributed by atoms with Crippen molar-refractivity contribution in [3.05, 3.63) is 58.9 Å². The summed E-state index contributed by atoms with van der Waals surface area (Å²) < 4.78 is 7.43. The highest BCUT2D eigenvalue weighted by molar-refractivity contribution is 7.71. The molecule has 0 unspecified atom stereocenters. The van der Waals surface area contributed by atoms with Gasteiger partial charge in [0.15, 0.2) is 17.2 Å². The molecule has 156 valence electrons. The van der Waals surface area contributed by atoms with Crippen LogP contribution in [0.5, 0.6) is 5.75 Å². The van der Waals surface area contributed by atoms with E-state index in [0.29, 0.717) is 28.6 Å². The van der Waals surface area contributed by atoms with Gasteiger partial charge in [-0.1, -0.05) is 23.8 Å². The Balaban J connectivity index is 1.63. The molecule has 0 radical (unpaired) electrons. The van der Waals surface area contributed by atoms with E-state index in [-0.39, 0.29) is 25.0 Å². The van der Waals surface area contributed by atoms with Crippen LogP contribution in [0.25, 0.3) is 11.4 Å². The minimum absolute atomic E-state index is 0.0219. The first kappa shape index (κ1) is 21.3. The fraction of sp³-hybridized carbons (Fsp3) is 0.238. The van der Waals surface area contributed by atoms with Crippen molar-refractivity contribution >= 4 is 29.7 Å². The van der Waals surface area contributed by atoms with Crippen molar-refractivity contribution < 1.29 is 14.3 Å². The highest BCUT2D eigenvalue weighted by Crippen LogP contribution is 2.19. The summed E-state index contributed by atoms with van der Waals surface area (Å²) in [5, 5.41) is 12.5. The van der Waals surface area contributed by atoms with Crippen LogP contribution in [0, 0.1) is 11.7 Å². The van der Waals surface area contributed by atoms with Gasteiger partial charge in [-0.3, -0.25) is 19.3 Å². The Hall–Kier alpha value is -3.46. The Morgan fingerprint density at radius 3 is 2.63 bits per heavy atom. The number of aromatic nitrogens is 3. The van der Waals surface area contributed by atoms with Crippen molar-refractivity contribution in [2.24, 2.45) is 0 Å².